The predicted octanol–water partition coefficient (Wildman–Crippen LogP) is 2.75. The van der Waals surface area contributed by atoms with Crippen LogP contribution in [0.4, 0.5) is 0 Å². The highest BCUT2D eigenvalue weighted by molar-refractivity contribution is 7.89. The summed E-state index contributed by atoms with van der Waals surface area (Å²) in [6.45, 7) is 3.51. The molecule has 0 spiro atoms. The highest BCUT2D eigenvalue weighted by atomic mass is 32.2. The summed E-state index contributed by atoms with van der Waals surface area (Å²) in [5.74, 6) is 0.884. The topological polar surface area (TPSA) is 61.8 Å². The van der Waals surface area contributed by atoms with Gasteiger partial charge in [-0.25, -0.2) is 8.42 Å². The lowest BCUT2D eigenvalue weighted by Crippen LogP contribution is -2.38. The average Bonchev–Trinajstić information content (AvgIpc) is 2.57. The van der Waals surface area contributed by atoms with E-state index in [9.17, 15) is 8.42 Å². The summed E-state index contributed by atoms with van der Waals surface area (Å²) in [6, 6.07) is 15.9. The Labute approximate surface area is 156 Å². The lowest BCUT2D eigenvalue weighted by Gasteiger charge is -2.23. The van der Waals surface area contributed by atoms with Gasteiger partial charge >= 0.3 is 0 Å². The zero-order valence-electron chi connectivity index (χ0n) is 15.9. The van der Waals surface area contributed by atoms with Crippen LogP contribution in [0.5, 0.6) is 0 Å². The summed E-state index contributed by atoms with van der Waals surface area (Å²) >= 11 is 0. The third-order valence-corrected chi connectivity index (χ3v) is 5.00. The molecule has 6 heteroatoms. The maximum atomic E-state index is 11.4. The first-order valence-electron chi connectivity index (χ1n) is 8.50. The first kappa shape index (κ1) is 20.0. The van der Waals surface area contributed by atoms with Gasteiger partial charge in [0, 0.05) is 33.4 Å². The Kier molecular flexibility index (Phi) is 6.80. The second-order valence-electron chi connectivity index (χ2n) is 6.57. The summed E-state index contributed by atoms with van der Waals surface area (Å²) in [5.41, 5.74) is 4.41. The quantitative estimate of drug-likeness (QED) is 0.625. The summed E-state index contributed by atoms with van der Waals surface area (Å²) in [4.78, 5) is 6.43. The van der Waals surface area contributed by atoms with Crippen LogP contribution in [0.2, 0.25) is 0 Å². The van der Waals surface area contributed by atoms with Crippen molar-refractivity contribution < 1.29 is 8.42 Å². The van der Waals surface area contributed by atoms with Crippen LogP contribution < -0.4 is 5.32 Å². The molecule has 0 unspecified atom stereocenters. The van der Waals surface area contributed by atoms with Gasteiger partial charge in [-0.05, 0) is 29.2 Å². The van der Waals surface area contributed by atoms with E-state index in [4.69, 9.17) is 0 Å². The molecular weight excluding hydrogens is 346 g/mol. The molecule has 140 valence electrons. The Morgan fingerprint density at radius 3 is 2.27 bits per heavy atom. The van der Waals surface area contributed by atoms with E-state index in [0.29, 0.717) is 6.54 Å². The number of nitrogens with zero attached hydrogens (tertiary/aromatic N) is 2. The average molecular weight is 374 g/mol. The fraction of sp³-hybridized carbons (Fsp3) is 0.350. The normalized spacial score (nSPS) is 12.1. The van der Waals surface area contributed by atoms with Crippen LogP contribution in [0.3, 0.4) is 0 Å². The van der Waals surface area contributed by atoms with Gasteiger partial charge in [0.2, 0.25) is 0 Å². The second kappa shape index (κ2) is 8.85. The van der Waals surface area contributed by atoms with E-state index in [1.54, 1.807) is 7.05 Å². The Hall–Kier alpha value is -2.34. The number of nitrogens with one attached hydrogen (secondary N) is 1. The van der Waals surface area contributed by atoms with Crippen molar-refractivity contribution in [2.24, 2.45) is 4.99 Å². The largest absolute Gasteiger partial charge is 0.352 e. The van der Waals surface area contributed by atoms with Crippen molar-refractivity contribution in [1.29, 1.82) is 0 Å². The molecule has 2 aromatic carbocycles. The van der Waals surface area contributed by atoms with E-state index < -0.39 is 9.84 Å². The number of hydrogen-bond donors (Lipinski definition) is 1. The van der Waals surface area contributed by atoms with Crippen LogP contribution in [-0.2, 0) is 28.7 Å². The zero-order valence-corrected chi connectivity index (χ0v) is 16.7. The van der Waals surface area contributed by atoms with Crippen LogP contribution >= 0.6 is 0 Å². The van der Waals surface area contributed by atoms with Crippen LogP contribution in [-0.4, -0.2) is 39.6 Å². The Bertz CT molecular complexity index is 859. The number of sulfone groups is 1. The smallest absolute Gasteiger partial charge is 0.193 e. The van der Waals surface area contributed by atoms with Crippen molar-refractivity contribution in [3.8, 4) is 0 Å². The molecule has 0 saturated heterocycles. The van der Waals surface area contributed by atoms with E-state index in [1.165, 1.54) is 17.4 Å². The number of aliphatic imine (C=N–C) groups is 1. The van der Waals surface area contributed by atoms with Crippen molar-refractivity contribution in [3.05, 3.63) is 70.8 Å². The van der Waals surface area contributed by atoms with Crippen molar-refractivity contribution >= 4 is 15.8 Å². The molecular formula is C20H27N3O2S. The zero-order chi connectivity index (χ0) is 19.2. The monoisotopic (exact) mass is 373 g/mol. The fourth-order valence-corrected chi connectivity index (χ4v) is 3.54. The number of guanidine groups is 1. The highest BCUT2D eigenvalue weighted by Gasteiger charge is 2.08. The van der Waals surface area contributed by atoms with Gasteiger partial charge in [-0.1, -0.05) is 48.5 Å². The minimum Gasteiger partial charge on any atom is -0.352 e. The first-order chi connectivity index (χ1) is 12.3. The summed E-state index contributed by atoms with van der Waals surface area (Å²) in [7, 11) is 0.775. The fourth-order valence-electron chi connectivity index (χ4n) is 2.74. The van der Waals surface area contributed by atoms with Crippen LogP contribution in [0, 0.1) is 6.92 Å². The van der Waals surface area contributed by atoms with Crippen molar-refractivity contribution in [2.45, 2.75) is 25.8 Å². The lowest BCUT2D eigenvalue weighted by atomic mass is 10.1. The third-order valence-electron chi connectivity index (χ3n) is 4.14. The van der Waals surface area contributed by atoms with Crippen molar-refractivity contribution in [1.82, 2.24) is 10.2 Å². The molecule has 0 radical (unpaired) electrons. The SMILES string of the molecule is CN=C(NCc1ccc(CS(C)(=O)=O)cc1)N(C)Cc1ccccc1C. The van der Waals surface area contributed by atoms with Gasteiger partial charge in [0.15, 0.2) is 15.8 Å². The molecule has 0 aromatic heterocycles. The molecule has 1 N–H and O–H groups in total. The molecule has 0 bridgehead atoms. The van der Waals surface area contributed by atoms with Crippen LogP contribution in [0.25, 0.3) is 0 Å². The van der Waals surface area contributed by atoms with Crippen LogP contribution in [0.1, 0.15) is 22.3 Å². The lowest BCUT2D eigenvalue weighted by molar-refractivity contribution is 0.475. The Morgan fingerprint density at radius 1 is 1.08 bits per heavy atom. The number of rotatable bonds is 6. The molecule has 2 aromatic rings. The van der Waals surface area contributed by atoms with Gasteiger partial charge < -0.3 is 10.2 Å². The molecule has 0 fully saturated rings. The molecule has 0 aliphatic heterocycles. The van der Waals surface area contributed by atoms with Gasteiger partial charge in [0.05, 0.1) is 5.75 Å². The minimum atomic E-state index is -3.01. The molecule has 2 rings (SSSR count). The summed E-state index contributed by atoms with van der Waals surface area (Å²) < 4.78 is 22.7. The second-order valence-corrected chi connectivity index (χ2v) is 8.71. The van der Waals surface area contributed by atoms with Gasteiger partial charge in [-0.3, -0.25) is 4.99 Å². The predicted molar refractivity (Wildman–Crippen MR) is 108 cm³/mol. The van der Waals surface area contributed by atoms with E-state index in [-0.39, 0.29) is 5.75 Å². The number of aryl methyl sites for hydroxylation is 1. The van der Waals surface area contributed by atoms with E-state index >= 15 is 0 Å². The third kappa shape index (κ3) is 6.19. The number of hydrogen-bond acceptors (Lipinski definition) is 3. The van der Waals surface area contributed by atoms with Crippen LogP contribution in [0.15, 0.2) is 53.5 Å². The standard InChI is InChI=1S/C20H27N3O2S/c1-16-7-5-6-8-19(16)14-23(3)20(21-2)22-13-17-9-11-18(12-10-17)15-26(4,24)25/h5-12H,13-15H2,1-4H3,(H,21,22). The summed E-state index contributed by atoms with van der Waals surface area (Å²) in [6.07, 6.45) is 1.25. The minimum absolute atomic E-state index is 0.0710. The molecule has 0 atom stereocenters. The molecule has 0 heterocycles. The van der Waals surface area contributed by atoms with E-state index in [0.717, 1.165) is 23.6 Å². The van der Waals surface area contributed by atoms with E-state index in [1.807, 2.05) is 43.4 Å². The maximum Gasteiger partial charge on any atom is 0.193 e. The molecule has 0 aliphatic carbocycles. The van der Waals surface area contributed by atoms with Crippen molar-refractivity contribution in [2.75, 3.05) is 20.4 Å². The Morgan fingerprint density at radius 2 is 1.69 bits per heavy atom. The van der Waals surface area contributed by atoms with E-state index in [2.05, 4.69) is 34.3 Å². The van der Waals surface area contributed by atoms with Gasteiger partial charge in [0.25, 0.3) is 0 Å². The highest BCUT2D eigenvalue weighted by Crippen LogP contribution is 2.10. The Balaban J connectivity index is 1.95. The van der Waals surface area contributed by atoms with Gasteiger partial charge in [-0.15, -0.1) is 0 Å². The molecule has 5 nitrogen and oxygen atoms in total. The molecule has 26 heavy (non-hydrogen) atoms. The van der Waals surface area contributed by atoms with Gasteiger partial charge in [0.1, 0.15) is 0 Å². The van der Waals surface area contributed by atoms with Gasteiger partial charge in [-0.2, -0.15) is 0 Å². The first-order valence-corrected chi connectivity index (χ1v) is 10.6. The molecule has 0 aliphatic rings. The summed E-state index contributed by atoms with van der Waals surface area (Å²) in [5, 5.41) is 3.35. The maximum absolute atomic E-state index is 11.4. The van der Waals surface area contributed by atoms with Crippen molar-refractivity contribution in [3.63, 3.8) is 0 Å². The molecule has 0 amide bonds. The molecule has 0 saturated carbocycles. The number of benzene rings is 2.